The van der Waals surface area contributed by atoms with Crippen molar-refractivity contribution < 1.29 is 0 Å². The van der Waals surface area contributed by atoms with Gasteiger partial charge < -0.3 is 11.1 Å². The van der Waals surface area contributed by atoms with E-state index in [4.69, 9.17) is 5.73 Å². The third kappa shape index (κ3) is 2.68. The van der Waals surface area contributed by atoms with Crippen LogP contribution in [0.25, 0.3) is 5.95 Å². The van der Waals surface area contributed by atoms with E-state index in [0.717, 1.165) is 0 Å². The van der Waals surface area contributed by atoms with Crippen molar-refractivity contribution in [1.29, 1.82) is 0 Å². The molecule has 0 aliphatic carbocycles. The topological polar surface area (TPSA) is 125 Å². The fraction of sp³-hybridized carbons (Fsp3) is 0.200. The van der Waals surface area contributed by atoms with Crippen LogP contribution in [0.3, 0.4) is 0 Å². The van der Waals surface area contributed by atoms with Crippen LogP contribution >= 0.6 is 0 Å². The molecule has 102 valence electrons. The number of rotatable bonds is 5. The maximum atomic E-state index is 5.67. The van der Waals surface area contributed by atoms with Gasteiger partial charge in [0.05, 0.1) is 12.7 Å². The van der Waals surface area contributed by atoms with Gasteiger partial charge in [-0.2, -0.15) is 15.0 Å². The minimum absolute atomic E-state index is 0.145. The summed E-state index contributed by atoms with van der Waals surface area (Å²) in [4.78, 5) is 16.3. The van der Waals surface area contributed by atoms with Gasteiger partial charge in [0.2, 0.25) is 17.8 Å². The predicted molar refractivity (Wildman–Crippen MR) is 69.9 cm³/mol. The molecular formula is C10H12N10. The lowest BCUT2D eigenvalue weighted by molar-refractivity contribution is 0.607. The van der Waals surface area contributed by atoms with Crippen LogP contribution in [0.2, 0.25) is 0 Å². The molecule has 0 saturated heterocycles. The zero-order valence-corrected chi connectivity index (χ0v) is 10.5. The number of imidazole rings is 1. The highest BCUT2D eigenvalue weighted by atomic mass is 15.4. The zero-order chi connectivity index (χ0) is 13.8. The Morgan fingerprint density at radius 3 is 2.85 bits per heavy atom. The van der Waals surface area contributed by atoms with Crippen molar-refractivity contribution >= 4 is 11.9 Å². The summed E-state index contributed by atoms with van der Waals surface area (Å²) in [6.45, 7) is 1.24. The second-order valence-electron chi connectivity index (χ2n) is 3.88. The van der Waals surface area contributed by atoms with Crippen LogP contribution < -0.4 is 11.1 Å². The Bertz CT molecular complexity index is 659. The average molecular weight is 272 g/mol. The SMILES string of the molecule is Nc1nc(NCCn2ccnn2)nc(-n2ccnc2)n1. The van der Waals surface area contributed by atoms with E-state index in [1.807, 2.05) is 0 Å². The summed E-state index contributed by atoms with van der Waals surface area (Å²) < 4.78 is 3.36. The molecule has 3 aromatic heterocycles. The molecule has 0 aliphatic heterocycles. The Balaban J connectivity index is 1.70. The average Bonchev–Trinajstić information content (AvgIpc) is 3.11. The largest absolute Gasteiger partial charge is 0.368 e. The van der Waals surface area contributed by atoms with Crippen LogP contribution in [0.1, 0.15) is 0 Å². The van der Waals surface area contributed by atoms with Crippen molar-refractivity contribution in [1.82, 2.24) is 39.5 Å². The van der Waals surface area contributed by atoms with Gasteiger partial charge in [0, 0.05) is 25.1 Å². The monoisotopic (exact) mass is 272 g/mol. The first-order valence-electron chi connectivity index (χ1n) is 5.89. The molecule has 0 aromatic carbocycles. The molecule has 0 spiro atoms. The number of nitrogens with zero attached hydrogens (tertiary/aromatic N) is 8. The van der Waals surface area contributed by atoms with E-state index in [-0.39, 0.29) is 5.95 Å². The highest BCUT2D eigenvalue weighted by Gasteiger charge is 2.05. The molecule has 0 aliphatic rings. The van der Waals surface area contributed by atoms with Crippen molar-refractivity contribution in [3.8, 4) is 5.95 Å². The van der Waals surface area contributed by atoms with Gasteiger partial charge in [0.25, 0.3) is 0 Å². The van der Waals surface area contributed by atoms with E-state index in [1.54, 1.807) is 40.4 Å². The molecule has 10 nitrogen and oxygen atoms in total. The molecule has 0 amide bonds. The lowest BCUT2D eigenvalue weighted by Gasteiger charge is -2.07. The number of aromatic nitrogens is 8. The summed E-state index contributed by atoms with van der Waals surface area (Å²) in [5.41, 5.74) is 5.67. The molecule has 3 aromatic rings. The van der Waals surface area contributed by atoms with E-state index in [0.29, 0.717) is 25.0 Å². The molecule has 0 unspecified atom stereocenters. The van der Waals surface area contributed by atoms with Crippen molar-refractivity contribution in [3.63, 3.8) is 0 Å². The van der Waals surface area contributed by atoms with E-state index >= 15 is 0 Å². The lowest BCUT2D eigenvalue weighted by atomic mass is 10.6. The van der Waals surface area contributed by atoms with Gasteiger partial charge in [-0.05, 0) is 0 Å². The summed E-state index contributed by atoms with van der Waals surface area (Å²) in [5.74, 6) is 0.964. The summed E-state index contributed by atoms with van der Waals surface area (Å²) in [7, 11) is 0. The van der Waals surface area contributed by atoms with Crippen LogP contribution in [-0.4, -0.2) is 46.0 Å². The third-order valence-electron chi connectivity index (χ3n) is 2.47. The highest BCUT2D eigenvalue weighted by molar-refractivity contribution is 5.34. The molecule has 0 saturated carbocycles. The van der Waals surface area contributed by atoms with Crippen LogP contribution in [0.5, 0.6) is 0 Å². The summed E-state index contributed by atoms with van der Waals surface area (Å²) in [6.07, 6.45) is 8.36. The first-order valence-corrected chi connectivity index (χ1v) is 5.89. The highest BCUT2D eigenvalue weighted by Crippen LogP contribution is 2.06. The fourth-order valence-corrected chi connectivity index (χ4v) is 1.59. The smallest absolute Gasteiger partial charge is 0.241 e. The number of hydrogen-bond donors (Lipinski definition) is 2. The third-order valence-corrected chi connectivity index (χ3v) is 2.47. The normalized spacial score (nSPS) is 10.6. The molecule has 10 heteroatoms. The van der Waals surface area contributed by atoms with Gasteiger partial charge in [0.15, 0.2) is 0 Å². The van der Waals surface area contributed by atoms with Gasteiger partial charge in [-0.15, -0.1) is 5.10 Å². The fourth-order valence-electron chi connectivity index (χ4n) is 1.59. The maximum absolute atomic E-state index is 5.67. The van der Waals surface area contributed by atoms with Gasteiger partial charge in [-0.25, -0.2) is 4.98 Å². The number of nitrogens with one attached hydrogen (secondary N) is 1. The van der Waals surface area contributed by atoms with Crippen LogP contribution in [0.4, 0.5) is 11.9 Å². The first-order chi connectivity index (χ1) is 9.81. The van der Waals surface area contributed by atoms with Crippen LogP contribution in [0.15, 0.2) is 31.1 Å². The van der Waals surface area contributed by atoms with Gasteiger partial charge in [0.1, 0.15) is 6.33 Å². The Hall–Kier alpha value is -3.04. The van der Waals surface area contributed by atoms with Crippen LogP contribution in [-0.2, 0) is 6.54 Å². The molecule has 0 fully saturated rings. The minimum Gasteiger partial charge on any atom is -0.368 e. The molecule has 3 rings (SSSR count). The Morgan fingerprint density at radius 1 is 1.15 bits per heavy atom. The van der Waals surface area contributed by atoms with Crippen molar-refractivity contribution in [2.45, 2.75) is 6.54 Å². The minimum atomic E-state index is 0.145. The Labute approximate surface area is 113 Å². The first kappa shape index (κ1) is 12.0. The maximum Gasteiger partial charge on any atom is 0.241 e. The van der Waals surface area contributed by atoms with Crippen molar-refractivity contribution in [2.24, 2.45) is 0 Å². The van der Waals surface area contributed by atoms with Crippen molar-refractivity contribution in [3.05, 3.63) is 31.1 Å². The van der Waals surface area contributed by atoms with E-state index in [2.05, 4.69) is 35.6 Å². The van der Waals surface area contributed by atoms with Gasteiger partial charge >= 0.3 is 0 Å². The second kappa shape index (κ2) is 5.30. The zero-order valence-electron chi connectivity index (χ0n) is 10.5. The Kier molecular flexibility index (Phi) is 3.18. The van der Waals surface area contributed by atoms with E-state index < -0.39 is 0 Å². The second-order valence-corrected chi connectivity index (χ2v) is 3.88. The molecule has 0 atom stereocenters. The van der Waals surface area contributed by atoms with E-state index in [9.17, 15) is 0 Å². The molecule has 3 heterocycles. The Morgan fingerprint density at radius 2 is 2.10 bits per heavy atom. The summed E-state index contributed by atoms with van der Waals surface area (Å²) in [5, 5.41) is 10.6. The van der Waals surface area contributed by atoms with Gasteiger partial charge in [-0.3, -0.25) is 9.25 Å². The summed E-state index contributed by atoms with van der Waals surface area (Å²) >= 11 is 0. The molecule has 0 bridgehead atoms. The number of hydrogen-bond acceptors (Lipinski definition) is 8. The number of anilines is 2. The molecule has 0 radical (unpaired) electrons. The molecule has 20 heavy (non-hydrogen) atoms. The van der Waals surface area contributed by atoms with Gasteiger partial charge in [-0.1, -0.05) is 5.21 Å². The lowest BCUT2D eigenvalue weighted by Crippen LogP contribution is -2.15. The summed E-state index contributed by atoms with van der Waals surface area (Å²) in [6, 6.07) is 0. The van der Waals surface area contributed by atoms with Crippen molar-refractivity contribution in [2.75, 3.05) is 17.6 Å². The predicted octanol–water partition coefficient (Wildman–Crippen LogP) is -0.657. The standard InChI is InChI=1S/C10H12N10/c11-8-15-9(13-2-5-20-6-3-14-18-20)17-10(16-8)19-4-1-12-7-19/h1,3-4,6-7H,2,5H2,(H3,11,13,15,16,17). The molecule has 3 N–H and O–H groups in total. The quantitative estimate of drug-likeness (QED) is 0.627. The van der Waals surface area contributed by atoms with E-state index in [1.165, 1.54) is 0 Å². The van der Waals surface area contributed by atoms with Crippen LogP contribution in [0, 0.1) is 0 Å². The number of nitrogen functional groups attached to an aromatic ring is 1. The number of nitrogens with two attached hydrogens (primary N) is 1. The molecular weight excluding hydrogens is 260 g/mol.